The highest BCUT2D eigenvalue weighted by atomic mass is 15.0. The maximum atomic E-state index is 4.56. The molecule has 1 aliphatic rings. The molecule has 0 amide bonds. The normalized spacial score (nSPS) is 14.3. The Bertz CT molecular complexity index is 2780. The minimum Gasteiger partial charge on any atom is -0.317 e. The molecule has 0 aliphatic heterocycles. The second-order valence-electron chi connectivity index (χ2n) is 15.2. The average Bonchev–Trinajstić information content (AvgIpc) is 3.72. The molecule has 6 aromatic rings. The first kappa shape index (κ1) is 37.5. The molecule has 276 valence electrons. The van der Waals surface area contributed by atoms with Crippen molar-refractivity contribution in [2.45, 2.75) is 71.6 Å². The van der Waals surface area contributed by atoms with Gasteiger partial charge in [-0.25, -0.2) is 0 Å². The topological polar surface area (TPSA) is 9.86 Å². The van der Waals surface area contributed by atoms with Gasteiger partial charge in [-0.05, 0) is 102 Å². The first-order chi connectivity index (χ1) is 26.7. The van der Waals surface area contributed by atoms with Crippen molar-refractivity contribution >= 4 is 59.0 Å². The third kappa shape index (κ3) is 6.44. The van der Waals surface area contributed by atoms with E-state index < -0.39 is 0 Å². The fraction of sp³-hybridized carbons (Fsp3) is 0.208. The number of hydrogen-bond acceptors (Lipinski definition) is 0. The number of rotatable bonds is 13. The highest BCUT2D eigenvalue weighted by molar-refractivity contribution is 5.91. The summed E-state index contributed by atoms with van der Waals surface area (Å²) >= 11 is 0. The molecule has 0 unspecified atom stereocenters. The van der Waals surface area contributed by atoms with Gasteiger partial charge in [0.1, 0.15) is 0 Å². The Kier molecular flexibility index (Phi) is 10.5. The van der Waals surface area contributed by atoms with Gasteiger partial charge in [0.25, 0.3) is 0 Å². The molecule has 2 heterocycles. The summed E-state index contributed by atoms with van der Waals surface area (Å²) in [6.07, 6.45) is 23.1. The molecule has 7 rings (SSSR count). The summed E-state index contributed by atoms with van der Waals surface area (Å²) in [6, 6.07) is 27.7. The number of unbranched alkanes of at least 4 members (excludes halogenated alkanes) is 2. The van der Waals surface area contributed by atoms with Crippen LogP contribution in [0.4, 0.5) is 0 Å². The predicted molar refractivity (Wildman–Crippen MR) is 243 cm³/mol. The van der Waals surface area contributed by atoms with E-state index in [4.69, 9.17) is 0 Å². The lowest BCUT2D eigenvalue weighted by atomic mass is 9.70. The lowest BCUT2D eigenvalue weighted by molar-refractivity contribution is 0.414. The fourth-order valence-electron chi connectivity index (χ4n) is 8.99. The SMILES string of the molecule is C=C/C=c1\c(=C)n(/C=C/C=C(\C=C)n2c(=C)/c(=C\C=C)c3ccc(C)cc32)c2cc(-c3ccc4c(c3)C(CCCC)(CCCC)c3cc(C)ccc3-4)ccc12. The number of aryl methyl sites for hydroxylation is 2. The first-order valence-electron chi connectivity index (χ1n) is 19.9. The smallest absolute Gasteiger partial charge is 0.0543 e. The molecule has 0 bridgehead atoms. The van der Waals surface area contributed by atoms with Crippen molar-refractivity contribution in [1.82, 2.24) is 9.13 Å². The van der Waals surface area contributed by atoms with E-state index in [1.807, 2.05) is 24.3 Å². The zero-order valence-corrected chi connectivity index (χ0v) is 33.2. The van der Waals surface area contributed by atoms with Crippen LogP contribution in [-0.4, -0.2) is 9.13 Å². The predicted octanol–water partition coefficient (Wildman–Crippen LogP) is 11.5. The summed E-state index contributed by atoms with van der Waals surface area (Å²) in [7, 11) is 0. The second-order valence-corrected chi connectivity index (χ2v) is 15.2. The lowest BCUT2D eigenvalue weighted by Gasteiger charge is -2.33. The van der Waals surface area contributed by atoms with E-state index in [-0.39, 0.29) is 5.41 Å². The molecule has 0 saturated heterocycles. The van der Waals surface area contributed by atoms with Crippen molar-refractivity contribution in [2.24, 2.45) is 0 Å². The molecule has 0 saturated carbocycles. The third-order valence-corrected chi connectivity index (χ3v) is 11.7. The largest absolute Gasteiger partial charge is 0.317 e. The van der Waals surface area contributed by atoms with E-state index in [9.17, 15) is 0 Å². The van der Waals surface area contributed by atoms with E-state index in [2.05, 4.69) is 167 Å². The zero-order valence-electron chi connectivity index (χ0n) is 33.2. The Morgan fingerprint density at radius 3 is 1.89 bits per heavy atom. The van der Waals surface area contributed by atoms with Crippen molar-refractivity contribution in [3.05, 3.63) is 166 Å². The summed E-state index contributed by atoms with van der Waals surface area (Å²) < 4.78 is 4.38. The Morgan fingerprint density at radius 1 is 0.655 bits per heavy atom. The number of aromatic nitrogens is 2. The molecular weight excluding hydrogens is 665 g/mol. The van der Waals surface area contributed by atoms with Crippen molar-refractivity contribution in [3.8, 4) is 22.3 Å². The maximum absolute atomic E-state index is 4.56. The second kappa shape index (κ2) is 15.5. The molecule has 0 radical (unpaired) electrons. The first-order valence-corrected chi connectivity index (χ1v) is 19.9. The van der Waals surface area contributed by atoms with Gasteiger partial charge in [-0.15, -0.1) is 0 Å². The van der Waals surface area contributed by atoms with Crippen LogP contribution in [0.15, 0.2) is 123 Å². The molecule has 0 spiro atoms. The molecule has 2 aromatic heterocycles. The Hall–Kier alpha value is -5.86. The summed E-state index contributed by atoms with van der Waals surface area (Å²) in [5, 5.41) is 6.24. The molecule has 2 heteroatoms. The molecular formula is C53H54N2. The monoisotopic (exact) mass is 718 g/mol. The highest BCUT2D eigenvalue weighted by Gasteiger charge is 2.42. The van der Waals surface area contributed by atoms with Crippen LogP contribution in [-0.2, 0) is 5.41 Å². The van der Waals surface area contributed by atoms with Crippen LogP contribution in [0, 0.1) is 13.8 Å². The standard InChI is InChI=1S/C53H54N2/c1-10-15-29-53(30-16-11-2)49-32-36(6)21-25-45(49)46-27-23-40(34-50(46)53)41-24-28-47-43(18-12-3)38(8)54(51(47)35-41)31-17-20-42(14-5)55-39(9)44(19-13-4)48-26-22-37(7)33-52(48)55/h12-14,17-28,31-35H,3-5,8-11,15-16,29-30H2,1-2,6-7H3/b31-17+,42-20+,43-18+,44-19+. The minimum absolute atomic E-state index is 0.0374. The summed E-state index contributed by atoms with van der Waals surface area (Å²) in [6.45, 7) is 30.2. The van der Waals surface area contributed by atoms with Crippen molar-refractivity contribution in [1.29, 1.82) is 0 Å². The number of allylic oxidation sites excluding steroid dienone is 6. The van der Waals surface area contributed by atoms with Gasteiger partial charge in [-0.1, -0.05) is 157 Å². The molecule has 0 atom stereocenters. The van der Waals surface area contributed by atoms with E-state index >= 15 is 0 Å². The van der Waals surface area contributed by atoms with Gasteiger partial charge in [-0.2, -0.15) is 0 Å². The van der Waals surface area contributed by atoms with Crippen LogP contribution in [0.25, 0.3) is 81.3 Å². The van der Waals surface area contributed by atoms with Crippen LogP contribution < -0.4 is 21.1 Å². The van der Waals surface area contributed by atoms with Crippen molar-refractivity contribution < 1.29 is 0 Å². The Morgan fingerprint density at radius 2 is 1.22 bits per heavy atom. The van der Waals surface area contributed by atoms with Gasteiger partial charge in [-0.3, -0.25) is 0 Å². The van der Waals surface area contributed by atoms with E-state index in [1.54, 1.807) is 0 Å². The van der Waals surface area contributed by atoms with Crippen LogP contribution in [0.3, 0.4) is 0 Å². The van der Waals surface area contributed by atoms with E-state index in [0.717, 1.165) is 48.6 Å². The van der Waals surface area contributed by atoms with Gasteiger partial charge in [0, 0.05) is 49.2 Å². The Balaban J connectivity index is 1.36. The number of hydrogen-bond donors (Lipinski definition) is 0. The van der Waals surface area contributed by atoms with Crippen molar-refractivity contribution in [3.63, 3.8) is 0 Å². The number of fused-ring (bicyclic) bond motifs is 5. The third-order valence-electron chi connectivity index (χ3n) is 11.7. The molecule has 55 heavy (non-hydrogen) atoms. The van der Waals surface area contributed by atoms with E-state index in [0.29, 0.717) is 0 Å². The van der Waals surface area contributed by atoms with E-state index in [1.165, 1.54) is 83.0 Å². The van der Waals surface area contributed by atoms with Gasteiger partial charge >= 0.3 is 0 Å². The van der Waals surface area contributed by atoms with Crippen LogP contribution in [0.2, 0.25) is 0 Å². The Labute approximate surface area is 327 Å². The molecule has 0 N–H and O–H groups in total. The molecule has 4 aromatic carbocycles. The van der Waals surface area contributed by atoms with Crippen LogP contribution in [0.1, 0.15) is 74.6 Å². The summed E-state index contributed by atoms with van der Waals surface area (Å²) in [5.74, 6) is 0. The van der Waals surface area contributed by atoms with Crippen molar-refractivity contribution in [2.75, 3.05) is 0 Å². The minimum atomic E-state index is 0.0374. The summed E-state index contributed by atoms with van der Waals surface area (Å²) in [5.41, 5.74) is 14.0. The highest BCUT2D eigenvalue weighted by Crippen LogP contribution is 2.55. The van der Waals surface area contributed by atoms with Gasteiger partial charge in [0.2, 0.25) is 0 Å². The quantitative estimate of drug-likeness (QED) is 0.105. The fourth-order valence-corrected chi connectivity index (χ4v) is 8.99. The summed E-state index contributed by atoms with van der Waals surface area (Å²) in [4.78, 5) is 0. The lowest BCUT2D eigenvalue weighted by Crippen LogP contribution is -2.26. The molecule has 0 fully saturated rings. The van der Waals surface area contributed by atoms with Crippen LogP contribution in [0.5, 0.6) is 0 Å². The van der Waals surface area contributed by atoms with Gasteiger partial charge in [0.05, 0.1) is 11.0 Å². The zero-order chi connectivity index (χ0) is 38.9. The molecule has 1 aliphatic carbocycles. The maximum Gasteiger partial charge on any atom is 0.0543 e. The molecule has 2 nitrogen and oxygen atoms in total. The van der Waals surface area contributed by atoms with Gasteiger partial charge in [0.15, 0.2) is 0 Å². The number of nitrogens with zero attached hydrogens (tertiary/aromatic N) is 2. The average molecular weight is 719 g/mol. The van der Waals surface area contributed by atoms with Gasteiger partial charge < -0.3 is 9.13 Å². The van der Waals surface area contributed by atoms with Crippen LogP contribution >= 0.6 is 0 Å². The number of benzene rings is 4.